The van der Waals surface area contributed by atoms with E-state index < -0.39 is 9.84 Å². The molecule has 2 nitrogen and oxygen atoms in total. The summed E-state index contributed by atoms with van der Waals surface area (Å²) in [5.74, 6) is 0.780. The summed E-state index contributed by atoms with van der Waals surface area (Å²) in [6.07, 6.45) is 6.28. The molecule has 4 aliphatic carbocycles. The Kier molecular flexibility index (Phi) is 3.89. The highest BCUT2D eigenvalue weighted by molar-refractivity contribution is 7.93. The van der Waals surface area contributed by atoms with Crippen molar-refractivity contribution in [2.75, 3.05) is 0 Å². The van der Waals surface area contributed by atoms with Crippen molar-refractivity contribution in [1.29, 1.82) is 0 Å². The van der Waals surface area contributed by atoms with Crippen LogP contribution in [0.25, 0.3) is 0 Å². The summed E-state index contributed by atoms with van der Waals surface area (Å²) < 4.78 is 28.8. The van der Waals surface area contributed by atoms with E-state index in [-0.39, 0.29) is 32.2 Å². The molecule has 4 rings (SSSR count). The van der Waals surface area contributed by atoms with Crippen LogP contribution in [0.4, 0.5) is 0 Å². The maximum Gasteiger partial charge on any atom is 0.164 e. The Balaban J connectivity index is 1.86. The van der Waals surface area contributed by atoms with Crippen LogP contribution in [0.5, 0.6) is 0 Å². The second kappa shape index (κ2) is 5.32. The third-order valence-corrected chi connectivity index (χ3v) is 12.3. The Morgan fingerprint density at radius 2 is 1.11 bits per heavy atom. The Labute approximate surface area is 166 Å². The maximum atomic E-state index is 14.4. The normalized spacial score (nSPS) is 44.5. The van der Waals surface area contributed by atoms with Gasteiger partial charge < -0.3 is 0 Å². The molecule has 4 aliphatic rings. The summed E-state index contributed by atoms with van der Waals surface area (Å²) in [7, 11) is -3.38. The predicted octanol–water partition coefficient (Wildman–Crippen LogP) is 5.94. The van der Waals surface area contributed by atoms with E-state index in [1.165, 1.54) is 0 Å². The lowest BCUT2D eigenvalue weighted by Gasteiger charge is -2.51. The van der Waals surface area contributed by atoms with E-state index >= 15 is 0 Å². The van der Waals surface area contributed by atoms with Crippen molar-refractivity contribution in [3.8, 4) is 0 Å². The minimum Gasteiger partial charge on any atom is -0.228 e. The van der Waals surface area contributed by atoms with Crippen LogP contribution in [-0.4, -0.2) is 18.9 Å². The van der Waals surface area contributed by atoms with E-state index in [1.807, 2.05) is 0 Å². The predicted molar refractivity (Wildman–Crippen MR) is 113 cm³/mol. The van der Waals surface area contributed by atoms with E-state index in [9.17, 15) is 8.42 Å². The maximum absolute atomic E-state index is 14.4. The lowest BCUT2D eigenvalue weighted by molar-refractivity contribution is 0.0961. The summed E-state index contributed by atoms with van der Waals surface area (Å²) in [4.78, 5) is 0. The third kappa shape index (κ3) is 2.21. The van der Waals surface area contributed by atoms with Crippen molar-refractivity contribution in [2.45, 2.75) is 90.6 Å². The second-order valence-electron chi connectivity index (χ2n) is 12.2. The fourth-order valence-corrected chi connectivity index (χ4v) is 11.6. The average molecular weight is 391 g/mol. The summed E-state index contributed by atoms with van der Waals surface area (Å²) >= 11 is 0. The lowest BCUT2D eigenvalue weighted by atomic mass is 9.63. The first-order valence-electron chi connectivity index (χ1n) is 10.8. The van der Waals surface area contributed by atoms with Crippen LogP contribution >= 0.6 is 0 Å². The van der Waals surface area contributed by atoms with Crippen LogP contribution in [-0.2, 0) is 9.84 Å². The molecule has 27 heavy (non-hydrogen) atoms. The zero-order valence-electron chi connectivity index (χ0n) is 18.2. The number of hydrogen-bond acceptors (Lipinski definition) is 2. The molecular formula is C24H38O2S. The van der Waals surface area contributed by atoms with Crippen LogP contribution in [0, 0.1) is 33.5 Å². The largest absolute Gasteiger partial charge is 0.228 e. The van der Waals surface area contributed by atoms with Crippen LogP contribution in [0.15, 0.2) is 24.3 Å². The van der Waals surface area contributed by atoms with E-state index in [0.29, 0.717) is 11.8 Å². The van der Waals surface area contributed by atoms with Crippen molar-refractivity contribution in [1.82, 2.24) is 0 Å². The minimum absolute atomic E-state index is 0.0349. The molecule has 0 saturated heterocycles. The Morgan fingerprint density at radius 1 is 0.778 bits per heavy atom. The molecule has 0 radical (unpaired) electrons. The molecule has 0 spiro atoms. The minimum atomic E-state index is -3.38. The van der Waals surface area contributed by atoms with Gasteiger partial charge in [-0.3, -0.25) is 0 Å². The van der Waals surface area contributed by atoms with Crippen molar-refractivity contribution in [3.63, 3.8) is 0 Å². The zero-order valence-corrected chi connectivity index (χ0v) is 19.0. The SMILES string of the molecule is C=C1[C@H]2CC[C@](C(C)(C)C)(C2)[C@@H]1S(=O)(=O)[C@@H]1C(=C)[C@H]2CC[C@]1(C(C)(C)C)C2. The number of hydrogen-bond donors (Lipinski definition) is 0. The highest BCUT2D eigenvalue weighted by Crippen LogP contribution is 2.71. The van der Waals surface area contributed by atoms with Gasteiger partial charge in [0.25, 0.3) is 0 Å². The molecule has 0 N–H and O–H groups in total. The Hall–Kier alpha value is -0.570. The third-order valence-electron chi connectivity index (χ3n) is 9.47. The molecule has 4 fully saturated rings. The first kappa shape index (κ1) is 19.7. The van der Waals surface area contributed by atoms with Gasteiger partial charge in [0.1, 0.15) is 0 Å². The van der Waals surface area contributed by atoms with Gasteiger partial charge in [0, 0.05) is 0 Å². The van der Waals surface area contributed by atoms with Gasteiger partial charge in [0.05, 0.1) is 10.5 Å². The highest BCUT2D eigenvalue weighted by Gasteiger charge is 2.70. The first-order valence-corrected chi connectivity index (χ1v) is 12.4. The molecule has 152 valence electrons. The van der Waals surface area contributed by atoms with E-state index in [1.54, 1.807) is 0 Å². The standard InChI is InChI=1S/C24H38O2S/c1-15-17-9-11-23(13-17,21(3,4)5)19(15)27(25,26)20-16(2)18-10-12-24(20,14-18)22(6,7)8/h17-20H,1-2,9-14H2,3-8H3/t17-,18-,19+,20+,23-,24-/m0/s1. The van der Waals surface area contributed by atoms with E-state index in [2.05, 4.69) is 54.7 Å². The lowest BCUT2D eigenvalue weighted by Crippen LogP contribution is -2.54. The van der Waals surface area contributed by atoms with Crippen molar-refractivity contribution in [3.05, 3.63) is 24.3 Å². The summed E-state index contributed by atoms with van der Waals surface area (Å²) in [5.41, 5.74) is 1.63. The van der Waals surface area contributed by atoms with E-state index in [0.717, 1.165) is 49.7 Å². The quantitative estimate of drug-likeness (QED) is 0.547. The van der Waals surface area contributed by atoms with Gasteiger partial charge in [-0.05, 0) is 72.0 Å². The summed E-state index contributed by atoms with van der Waals surface area (Å²) in [6, 6.07) is 0. The van der Waals surface area contributed by atoms with Crippen LogP contribution in [0.1, 0.15) is 80.1 Å². The smallest absolute Gasteiger partial charge is 0.164 e. The van der Waals surface area contributed by atoms with Gasteiger partial charge >= 0.3 is 0 Å². The van der Waals surface area contributed by atoms with Crippen molar-refractivity contribution in [2.24, 2.45) is 33.5 Å². The Morgan fingerprint density at radius 3 is 1.41 bits per heavy atom. The summed E-state index contributed by atoms with van der Waals surface area (Å²) in [5, 5.41) is -0.770. The van der Waals surface area contributed by atoms with Gasteiger partial charge in [-0.1, -0.05) is 65.8 Å². The Bertz CT molecular complexity index is 744. The molecule has 0 amide bonds. The van der Waals surface area contributed by atoms with Gasteiger partial charge in [0.15, 0.2) is 9.84 Å². The summed E-state index contributed by atoms with van der Waals surface area (Å²) in [6.45, 7) is 22.2. The molecule has 6 atom stereocenters. The van der Waals surface area contributed by atoms with Gasteiger partial charge in [-0.2, -0.15) is 0 Å². The highest BCUT2D eigenvalue weighted by atomic mass is 32.2. The molecule has 4 bridgehead atoms. The molecule has 0 heterocycles. The molecule has 0 aromatic heterocycles. The monoisotopic (exact) mass is 390 g/mol. The number of sulfone groups is 1. The van der Waals surface area contributed by atoms with Gasteiger partial charge in [0.2, 0.25) is 0 Å². The fourth-order valence-electron chi connectivity index (χ4n) is 7.73. The second-order valence-corrected chi connectivity index (χ2v) is 14.3. The van der Waals surface area contributed by atoms with Gasteiger partial charge in [-0.25, -0.2) is 8.42 Å². The first-order chi connectivity index (χ1) is 12.2. The molecule has 0 aliphatic heterocycles. The fraction of sp³-hybridized carbons (Fsp3) is 0.833. The number of fused-ring (bicyclic) bond motifs is 4. The van der Waals surface area contributed by atoms with Crippen molar-refractivity contribution >= 4 is 9.84 Å². The average Bonchev–Trinajstić information content (AvgIpc) is 3.21. The molecule has 3 heteroatoms. The molecule has 0 aromatic carbocycles. The molecular weight excluding hydrogens is 352 g/mol. The zero-order chi connectivity index (χ0) is 20.2. The van der Waals surface area contributed by atoms with E-state index in [4.69, 9.17) is 0 Å². The van der Waals surface area contributed by atoms with Crippen LogP contribution in [0.3, 0.4) is 0 Å². The molecule has 0 unspecified atom stereocenters. The molecule has 4 saturated carbocycles. The number of rotatable bonds is 2. The van der Waals surface area contributed by atoms with Crippen LogP contribution in [0.2, 0.25) is 0 Å². The van der Waals surface area contributed by atoms with Crippen molar-refractivity contribution < 1.29 is 8.42 Å². The van der Waals surface area contributed by atoms with Gasteiger partial charge in [-0.15, -0.1) is 0 Å². The topological polar surface area (TPSA) is 34.1 Å². The molecule has 0 aromatic rings. The van der Waals surface area contributed by atoms with Crippen LogP contribution < -0.4 is 0 Å².